The Morgan fingerprint density at radius 1 is 0.313 bits per heavy atom. The van der Waals surface area contributed by atoms with E-state index in [1.165, 1.54) is 96.3 Å². The Labute approximate surface area is 412 Å². The van der Waals surface area contributed by atoms with Gasteiger partial charge in [0.15, 0.2) is 6.10 Å². The van der Waals surface area contributed by atoms with Crippen LogP contribution in [-0.4, -0.2) is 37.2 Å². The van der Waals surface area contributed by atoms with Gasteiger partial charge in [-0.15, -0.1) is 0 Å². The van der Waals surface area contributed by atoms with Crippen molar-refractivity contribution in [2.45, 2.75) is 245 Å². The molecule has 0 saturated carbocycles. The van der Waals surface area contributed by atoms with Crippen LogP contribution in [0.4, 0.5) is 0 Å². The van der Waals surface area contributed by atoms with E-state index >= 15 is 0 Å². The van der Waals surface area contributed by atoms with Crippen molar-refractivity contribution in [1.29, 1.82) is 0 Å². The quantitative estimate of drug-likeness (QED) is 0.0199. The first-order valence-corrected chi connectivity index (χ1v) is 27.5. The SMILES string of the molecule is CCC\C=C/C=C\C=C/C=C\C=C/CCCCCCCC(=O)OCC(COC(=O)CCCCC/C=C\CCCCCCCCC)OC(=O)CCC/C=C\C/C=C\C/C=C\CCCCCCCC. The number of allylic oxidation sites excluding steroid dienone is 18. The van der Waals surface area contributed by atoms with Gasteiger partial charge >= 0.3 is 17.9 Å². The molecule has 380 valence electrons. The Bertz CT molecular complexity index is 1390. The summed E-state index contributed by atoms with van der Waals surface area (Å²) < 4.78 is 16.8. The molecule has 0 aliphatic rings. The summed E-state index contributed by atoms with van der Waals surface area (Å²) in [4.78, 5) is 38.1. The predicted octanol–water partition coefficient (Wildman–Crippen LogP) is 18.3. The second kappa shape index (κ2) is 54.7. The molecule has 0 aliphatic carbocycles. The molecular weight excluding hydrogens is 829 g/mol. The third-order valence-electron chi connectivity index (χ3n) is 11.3. The summed E-state index contributed by atoms with van der Waals surface area (Å²) in [5.41, 5.74) is 0. The third kappa shape index (κ3) is 52.9. The number of ether oxygens (including phenoxy) is 3. The molecular formula is C61H100O6. The lowest BCUT2D eigenvalue weighted by atomic mass is 10.1. The van der Waals surface area contributed by atoms with Crippen molar-refractivity contribution in [2.75, 3.05) is 13.2 Å². The number of rotatable bonds is 48. The average molecular weight is 929 g/mol. The van der Waals surface area contributed by atoms with Crippen molar-refractivity contribution >= 4 is 17.9 Å². The van der Waals surface area contributed by atoms with Crippen LogP contribution in [0.1, 0.15) is 239 Å². The minimum absolute atomic E-state index is 0.116. The third-order valence-corrected chi connectivity index (χ3v) is 11.3. The van der Waals surface area contributed by atoms with E-state index in [-0.39, 0.29) is 37.5 Å². The summed E-state index contributed by atoms with van der Waals surface area (Å²) >= 11 is 0. The van der Waals surface area contributed by atoms with E-state index in [4.69, 9.17) is 14.2 Å². The summed E-state index contributed by atoms with van der Waals surface area (Å²) in [7, 11) is 0. The molecule has 0 radical (unpaired) electrons. The summed E-state index contributed by atoms with van der Waals surface area (Å²) in [6.07, 6.45) is 73.6. The molecule has 0 aromatic rings. The van der Waals surface area contributed by atoms with Gasteiger partial charge in [0.1, 0.15) is 13.2 Å². The van der Waals surface area contributed by atoms with E-state index in [2.05, 4.69) is 106 Å². The van der Waals surface area contributed by atoms with Crippen LogP contribution in [0.3, 0.4) is 0 Å². The Morgan fingerprint density at radius 2 is 0.642 bits per heavy atom. The van der Waals surface area contributed by atoms with Crippen LogP contribution >= 0.6 is 0 Å². The van der Waals surface area contributed by atoms with E-state index in [0.29, 0.717) is 19.3 Å². The Balaban J connectivity index is 4.55. The molecule has 0 aromatic heterocycles. The molecule has 0 saturated heterocycles. The minimum atomic E-state index is -0.823. The molecule has 0 fully saturated rings. The second-order valence-corrected chi connectivity index (χ2v) is 17.9. The van der Waals surface area contributed by atoms with Gasteiger partial charge in [-0.2, -0.15) is 0 Å². The Kier molecular flexibility index (Phi) is 51.5. The fourth-order valence-corrected chi connectivity index (χ4v) is 7.19. The predicted molar refractivity (Wildman–Crippen MR) is 288 cm³/mol. The topological polar surface area (TPSA) is 78.9 Å². The summed E-state index contributed by atoms with van der Waals surface area (Å²) in [5.74, 6) is -1.01. The van der Waals surface area contributed by atoms with Crippen molar-refractivity contribution in [3.05, 3.63) is 109 Å². The van der Waals surface area contributed by atoms with E-state index in [1.54, 1.807) is 0 Å². The van der Waals surface area contributed by atoms with E-state index < -0.39 is 6.10 Å². The Hall–Kier alpha value is -3.93. The monoisotopic (exact) mass is 929 g/mol. The zero-order valence-corrected chi connectivity index (χ0v) is 43.4. The second-order valence-electron chi connectivity index (χ2n) is 17.9. The van der Waals surface area contributed by atoms with Gasteiger partial charge in [0, 0.05) is 19.3 Å². The number of hydrogen-bond donors (Lipinski definition) is 0. The molecule has 0 aromatic carbocycles. The maximum absolute atomic E-state index is 12.8. The first kappa shape index (κ1) is 63.1. The van der Waals surface area contributed by atoms with Crippen LogP contribution in [0.25, 0.3) is 0 Å². The van der Waals surface area contributed by atoms with Crippen molar-refractivity contribution < 1.29 is 28.6 Å². The molecule has 6 nitrogen and oxygen atoms in total. The summed E-state index contributed by atoms with van der Waals surface area (Å²) in [6, 6.07) is 0. The molecule has 0 heterocycles. The highest BCUT2D eigenvalue weighted by atomic mass is 16.6. The first-order valence-electron chi connectivity index (χ1n) is 27.5. The largest absolute Gasteiger partial charge is 0.462 e. The lowest BCUT2D eigenvalue weighted by Crippen LogP contribution is -2.30. The highest BCUT2D eigenvalue weighted by Gasteiger charge is 2.19. The maximum Gasteiger partial charge on any atom is 0.306 e. The molecule has 0 amide bonds. The standard InChI is InChI=1S/C61H100O6/c1-4-7-10-13-16-19-22-25-28-30-32-33-36-39-42-45-48-51-54-60(63)66-57-58(56-65-59(62)53-50-47-44-41-38-35-27-24-21-18-15-12-9-6-3)67-61(64)55-52-49-46-43-40-37-34-31-29-26-23-20-17-14-11-8-5-2/h10,13,16,19,22,25-26,28-30,32-35,37-38,43,46,58H,4-9,11-12,14-15,17-18,20-21,23-24,27,31,36,39-42,44-45,47-57H2,1-3H3/b13-10-,19-16-,25-22-,29-26-,30-28-,33-32-,37-34-,38-35-,46-43-. The molecule has 1 atom stereocenters. The molecule has 67 heavy (non-hydrogen) atoms. The normalized spacial score (nSPS) is 12.9. The fourth-order valence-electron chi connectivity index (χ4n) is 7.19. The first-order chi connectivity index (χ1) is 33.0. The zero-order chi connectivity index (χ0) is 48.6. The molecule has 0 bridgehead atoms. The minimum Gasteiger partial charge on any atom is -0.462 e. The van der Waals surface area contributed by atoms with Crippen LogP contribution in [0.5, 0.6) is 0 Å². The molecule has 0 spiro atoms. The maximum atomic E-state index is 12.8. The van der Waals surface area contributed by atoms with Gasteiger partial charge in [-0.25, -0.2) is 0 Å². The van der Waals surface area contributed by atoms with Crippen LogP contribution in [0.15, 0.2) is 109 Å². The molecule has 1 unspecified atom stereocenters. The van der Waals surface area contributed by atoms with Crippen LogP contribution in [0, 0.1) is 0 Å². The highest BCUT2D eigenvalue weighted by molar-refractivity contribution is 5.71. The molecule has 0 rings (SSSR count). The highest BCUT2D eigenvalue weighted by Crippen LogP contribution is 2.13. The van der Waals surface area contributed by atoms with E-state index in [1.807, 2.05) is 24.3 Å². The lowest BCUT2D eigenvalue weighted by Gasteiger charge is -2.18. The van der Waals surface area contributed by atoms with Crippen molar-refractivity contribution in [2.24, 2.45) is 0 Å². The average Bonchev–Trinajstić information content (AvgIpc) is 3.33. The van der Waals surface area contributed by atoms with Crippen molar-refractivity contribution in [3.8, 4) is 0 Å². The number of hydrogen-bond acceptors (Lipinski definition) is 6. The van der Waals surface area contributed by atoms with Gasteiger partial charge in [0.05, 0.1) is 0 Å². The Morgan fingerprint density at radius 3 is 1.10 bits per heavy atom. The zero-order valence-electron chi connectivity index (χ0n) is 43.4. The number of esters is 3. The molecule has 0 aliphatic heterocycles. The van der Waals surface area contributed by atoms with Gasteiger partial charge in [-0.3, -0.25) is 14.4 Å². The van der Waals surface area contributed by atoms with E-state index in [9.17, 15) is 14.4 Å². The number of carbonyl (C=O) groups is 3. The fraction of sp³-hybridized carbons (Fsp3) is 0.656. The summed E-state index contributed by atoms with van der Waals surface area (Å²) in [5, 5.41) is 0. The van der Waals surface area contributed by atoms with Gasteiger partial charge in [-0.05, 0) is 96.3 Å². The van der Waals surface area contributed by atoms with Crippen LogP contribution in [-0.2, 0) is 28.6 Å². The van der Waals surface area contributed by atoms with Crippen LogP contribution < -0.4 is 0 Å². The number of carbonyl (C=O) groups excluding carboxylic acids is 3. The smallest absolute Gasteiger partial charge is 0.306 e. The lowest BCUT2D eigenvalue weighted by molar-refractivity contribution is -0.167. The summed E-state index contributed by atoms with van der Waals surface area (Å²) in [6.45, 7) is 6.46. The van der Waals surface area contributed by atoms with Crippen molar-refractivity contribution in [1.82, 2.24) is 0 Å². The molecule has 0 N–H and O–H groups in total. The van der Waals surface area contributed by atoms with Gasteiger partial charge in [0.2, 0.25) is 0 Å². The molecule has 6 heteroatoms. The van der Waals surface area contributed by atoms with Crippen molar-refractivity contribution in [3.63, 3.8) is 0 Å². The van der Waals surface area contributed by atoms with Gasteiger partial charge < -0.3 is 14.2 Å². The van der Waals surface area contributed by atoms with Gasteiger partial charge in [-0.1, -0.05) is 233 Å². The number of unbranched alkanes of at least 4 members (excludes halogenated alkanes) is 23. The van der Waals surface area contributed by atoms with Gasteiger partial charge in [0.25, 0.3) is 0 Å². The van der Waals surface area contributed by atoms with E-state index in [0.717, 1.165) is 96.3 Å². The van der Waals surface area contributed by atoms with Crippen LogP contribution in [0.2, 0.25) is 0 Å².